The summed E-state index contributed by atoms with van der Waals surface area (Å²) >= 11 is 0. The Balaban J connectivity index is 2.30. The fourth-order valence-electron chi connectivity index (χ4n) is 2.76. The van der Waals surface area contributed by atoms with Crippen LogP contribution in [0.15, 0.2) is 42.1 Å². The van der Waals surface area contributed by atoms with Crippen LogP contribution in [0.3, 0.4) is 0 Å². The fraction of sp³-hybridized carbons (Fsp3) is 0.286. The van der Waals surface area contributed by atoms with Crippen molar-refractivity contribution in [1.29, 1.82) is 0 Å². The second-order valence-electron chi connectivity index (χ2n) is 4.78. The van der Waals surface area contributed by atoms with Gasteiger partial charge in [-0.15, -0.1) is 0 Å². The molecule has 1 aliphatic carbocycles. The van der Waals surface area contributed by atoms with Crippen LogP contribution in [0.4, 0.5) is 0 Å². The number of nitrogens with one attached hydrogen (secondary N) is 1. The summed E-state index contributed by atoms with van der Waals surface area (Å²) in [6.45, 7) is 5.58. The molecule has 1 nitrogen and oxygen atoms in total. The normalized spacial score (nSPS) is 20.9. The number of allylic oxidation sites excluding steroid dienone is 2. The Morgan fingerprint density at radius 1 is 1.20 bits per heavy atom. The van der Waals surface area contributed by atoms with Crippen molar-refractivity contribution < 1.29 is 0 Å². The van der Waals surface area contributed by atoms with Crippen molar-refractivity contribution in [2.45, 2.75) is 19.3 Å². The minimum Gasteiger partial charge on any atom is -0.387 e. The Hall–Kier alpha value is -1.50. The van der Waals surface area contributed by atoms with E-state index < -0.39 is 0 Å². The van der Waals surface area contributed by atoms with Crippen LogP contribution in [-0.2, 0) is 5.41 Å². The molecule has 0 bridgehead atoms. The van der Waals surface area contributed by atoms with Crippen LogP contribution in [0.5, 0.6) is 0 Å². The van der Waals surface area contributed by atoms with Crippen molar-refractivity contribution in [2.75, 3.05) is 6.54 Å². The van der Waals surface area contributed by atoms with Gasteiger partial charge in [0, 0.05) is 12.0 Å². The first-order valence-corrected chi connectivity index (χ1v) is 5.45. The third kappa shape index (κ3) is 1.03. The Labute approximate surface area is 90.5 Å². The molecule has 1 heteroatoms. The molecule has 0 saturated heterocycles. The summed E-state index contributed by atoms with van der Waals surface area (Å²) in [4.78, 5) is 0. The summed E-state index contributed by atoms with van der Waals surface area (Å²) < 4.78 is 0. The molecule has 0 radical (unpaired) electrons. The third-order valence-corrected chi connectivity index (χ3v) is 3.57. The lowest BCUT2D eigenvalue weighted by atomic mass is 9.81. The van der Waals surface area contributed by atoms with Gasteiger partial charge in [-0.2, -0.15) is 0 Å². The maximum Gasteiger partial charge on any atom is 0.0404 e. The quantitative estimate of drug-likeness (QED) is 0.674. The Kier molecular flexibility index (Phi) is 1.61. The topological polar surface area (TPSA) is 12.0 Å². The predicted molar refractivity (Wildman–Crippen MR) is 63.5 cm³/mol. The van der Waals surface area contributed by atoms with Crippen LogP contribution < -0.4 is 5.32 Å². The number of fused-ring (bicyclic) bond motifs is 2. The molecule has 0 aromatic heterocycles. The first-order chi connectivity index (χ1) is 7.21. The van der Waals surface area contributed by atoms with E-state index in [1.165, 1.54) is 22.3 Å². The van der Waals surface area contributed by atoms with Gasteiger partial charge in [-0.25, -0.2) is 0 Å². The summed E-state index contributed by atoms with van der Waals surface area (Å²) in [6, 6.07) is 8.75. The number of hydrogen-bond acceptors (Lipinski definition) is 1. The van der Waals surface area contributed by atoms with Crippen molar-refractivity contribution in [3.8, 4) is 0 Å². The molecule has 1 heterocycles. The molecule has 76 valence electrons. The maximum absolute atomic E-state index is 3.30. The van der Waals surface area contributed by atoms with Gasteiger partial charge in [-0.05, 0) is 34.5 Å². The fourth-order valence-corrected chi connectivity index (χ4v) is 2.76. The molecule has 15 heavy (non-hydrogen) atoms. The van der Waals surface area contributed by atoms with E-state index in [-0.39, 0.29) is 5.41 Å². The van der Waals surface area contributed by atoms with Crippen LogP contribution in [0.2, 0.25) is 0 Å². The van der Waals surface area contributed by atoms with Crippen molar-refractivity contribution in [2.24, 2.45) is 0 Å². The first kappa shape index (κ1) is 8.78. The first-order valence-electron chi connectivity index (χ1n) is 5.45. The molecular formula is C14H15N. The van der Waals surface area contributed by atoms with Gasteiger partial charge in [0.05, 0.1) is 0 Å². The van der Waals surface area contributed by atoms with Crippen LogP contribution in [0.1, 0.15) is 25.0 Å². The van der Waals surface area contributed by atoms with Crippen LogP contribution >= 0.6 is 0 Å². The van der Waals surface area contributed by atoms with Crippen molar-refractivity contribution in [1.82, 2.24) is 5.32 Å². The van der Waals surface area contributed by atoms with Crippen molar-refractivity contribution in [3.63, 3.8) is 0 Å². The Bertz CT molecular complexity index is 478. The highest BCUT2D eigenvalue weighted by molar-refractivity contribution is 5.83. The van der Waals surface area contributed by atoms with Gasteiger partial charge in [-0.1, -0.05) is 38.1 Å². The molecule has 2 aliphatic rings. The van der Waals surface area contributed by atoms with E-state index in [9.17, 15) is 0 Å². The molecule has 1 aromatic carbocycles. The lowest BCUT2D eigenvalue weighted by molar-refractivity contribution is 0.650. The highest BCUT2D eigenvalue weighted by Gasteiger charge is 2.36. The summed E-state index contributed by atoms with van der Waals surface area (Å²) in [5.74, 6) is 0. The summed E-state index contributed by atoms with van der Waals surface area (Å²) in [5.41, 5.74) is 6.00. The molecule has 0 unspecified atom stereocenters. The smallest absolute Gasteiger partial charge is 0.0404 e. The average Bonchev–Trinajstić information content (AvgIpc) is 2.51. The molecule has 3 rings (SSSR count). The molecule has 0 fully saturated rings. The van der Waals surface area contributed by atoms with Gasteiger partial charge in [0.15, 0.2) is 0 Å². The van der Waals surface area contributed by atoms with Gasteiger partial charge in [0.1, 0.15) is 0 Å². The molecule has 0 amide bonds. The van der Waals surface area contributed by atoms with Crippen LogP contribution in [-0.4, -0.2) is 6.54 Å². The molecule has 1 N–H and O–H groups in total. The van der Waals surface area contributed by atoms with Gasteiger partial charge in [0.25, 0.3) is 0 Å². The number of rotatable bonds is 0. The van der Waals surface area contributed by atoms with E-state index in [0.29, 0.717) is 0 Å². The van der Waals surface area contributed by atoms with Crippen molar-refractivity contribution >= 4 is 5.57 Å². The zero-order valence-electron chi connectivity index (χ0n) is 9.17. The monoisotopic (exact) mass is 197 g/mol. The van der Waals surface area contributed by atoms with E-state index >= 15 is 0 Å². The average molecular weight is 197 g/mol. The van der Waals surface area contributed by atoms with E-state index in [2.05, 4.69) is 55.7 Å². The van der Waals surface area contributed by atoms with E-state index in [1.54, 1.807) is 0 Å². The predicted octanol–water partition coefficient (Wildman–Crippen LogP) is 2.85. The van der Waals surface area contributed by atoms with Crippen LogP contribution in [0.25, 0.3) is 5.57 Å². The standard InChI is InChI=1S/C14H15N/c1-14(2)12-6-4-3-5-10(12)11-9-15-8-7-13(11)14/h3-8,15H,9H2,1-2H3. The van der Waals surface area contributed by atoms with Gasteiger partial charge >= 0.3 is 0 Å². The van der Waals surface area contributed by atoms with Crippen molar-refractivity contribution in [3.05, 3.63) is 53.2 Å². The second kappa shape index (κ2) is 2.75. The number of hydrogen-bond donors (Lipinski definition) is 1. The maximum atomic E-state index is 3.30. The minimum atomic E-state index is 0.171. The zero-order valence-corrected chi connectivity index (χ0v) is 9.17. The molecule has 0 spiro atoms. The highest BCUT2D eigenvalue weighted by atomic mass is 14.8. The molecular weight excluding hydrogens is 182 g/mol. The summed E-state index contributed by atoms with van der Waals surface area (Å²) in [6.07, 6.45) is 4.28. The van der Waals surface area contributed by atoms with E-state index in [0.717, 1.165) is 6.54 Å². The van der Waals surface area contributed by atoms with Crippen LogP contribution in [0, 0.1) is 0 Å². The summed E-state index contributed by atoms with van der Waals surface area (Å²) in [5, 5.41) is 3.30. The summed E-state index contributed by atoms with van der Waals surface area (Å²) in [7, 11) is 0. The molecule has 1 aliphatic heterocycles. The van der Waals surface area contributed by atoms with E-state index in [1.807, 2.05) is 0 Å². The second-order valence-corrected chi connectivity index (χ2v) is 4.78. The zero-order chi connectivity index (χ0) is 10.5. The molecule has 0 saturated carbocycles. The number of benzene rings is 1. The largest absolute Gasteiger partial charge is 0.387 e. The number of dihydropyridines is 1. The lowest BCUT2D eigenvalue weighted by Crippen LogP contribution is -2.19. The molecule has 0 atom stereocenters. The Morgan fingerprint density at radius 2 is 2.00 bits per heavy atom. The van der Waals surface area contributed by atoms with Gasteiger partial charge in [0.2, 0.25) is 0 Å². The van der Waals surface area contributed by atoms with E-state index in [4.69, 9.17) is 0 Å². The van der Waals surface area contributed by atoms with Gasteiger partial charge in [-0.3, -0.25) is 0 Å². The lowest BCUT2D eigenvalue weighted by Gasteiger charge is -2.23. The SMILES string of the molecule is CC1(C)C2=C(CNC=C2)c2ccccc21. The Morgan fingerprint density at radius 3 is 2.87 bits per heavy atom. The molecule has 1 aromatic rings. The minimum absolute atomic E-state index is 0.171. The third-order valence-electron chi connectivity index (χ3n) is 3.57. The van der Waals surface area contributed by atoms with Gasteiger partial charge < -0.3 is 5.32 Å². The highest BCUT2D eigenvalue weighted by Crippen LogP contribution is 2.46.